The van der Waals surface area contributed by atoms with Crippen molar-refractivity contribution >= 4 is 16.6 Å². The predicted molar refractivity (Wildman–Crippen MR) is 99.8 cm³/mol. The van der Waals surface area contributed by atoms with Gasteiger partial charge in [-0.3, -0.25) is 4.79 Å². The number of rotatable bonds is 5. The van der Waals surface area contributed by atoms with Gasteiger partial charge in [0.2, 0.25) is 0 Å². The van der Waals surface area contributed by atoms with Crippen molar-refractivity contribution in [1.82, 2.24) is 0 Å². The minimum absolute atomic E-state index is 0.0226. The van der Waals surface area contributed by atoms with Crippen LogP contribution in [0.1, 0.15) is 51.2 Å². The molecule has 0 saturated carbocycles. The first-order valence-electron chi connectivity index (χ1n) is 8.27. The zero-order chi connectivity index (χ0) is 17.9. The first kappa shape index (κ1) is 18.6. The topological polar surface area (TPSA) is 34.1 Å². The van der Waals surface area contributed by atoms with E-state index in [1.165, 1.54) is 0 Å². The van der Waals surface area contributed by atoms with Crippen LogP contribution in [0.3, 0.4) is 0 Å². The molecule has 0 unspecified atom stereocenters. The van der Waals surface area contributed by atoms with Gasteiger partial charge in [-0.25, -0.2) is 4.21 Å². The number of ketones is 1. The van der Waals surface area contributed by atoms with Crippen LogP contribution < -0.4 is 0 Å². The van der Waals surface area contributed by atoms with Gasteiger partial charge in [0.1, 0.15) is 5.78 Å². The van der Waals surface area contributed by atoms with Crippen molar-refractivity contribution in [2.24, 2.45) is 5.41 Å². The quantitative estimate of drug-likeness (QED) is 0.741. The zero-order valence-corrected chi connectivity index (χ0v) is 15.9. The van der Waals surface area contributed by atoms with Crippen molar-refractivity contribution in [2.45, 2.75) is 56.7 Å². The first-order chi connectivity index (χ1) is 11.2. The molecule has 3 heteroatoms. The number of benzene rings is 2. The van der Waals surface area contributed by atoms with E-state index in [-0.39, 0.29) is 17.1 Å². The lowest BCUT2D eigenvalue weighted by atomic mass is 9.80. The lowest BCUT2D eigenvalue weighted by Gasteiger charge is -2.26. The van der Waals surface area contributed by atoms with Gasteiger partial charge in [-0.05, 0) is 49.4 Å². The van der Waals surface area contributed by atoms with Crippen LogP contribution >= 0.6 is 0 Å². The molecule has 0 amide bonds. The Morgan fingerprint density at radius 2 is 1.62 bits per heavy atom. The molecule has 0 aliphatic rings. The monoisotopic (exact) mass is 342 g/mol. The lowest BCUT2D eigenvalue weighted by molar-refractivity contribution is -0.119. The summed E-state index contributed by atoms with van der Waals surface area (Å²) in [5.74, 6) is -0.103. The molecule has 2 aromatic carbocycles. The number of hydrogen-bond acceptors (Lipinski definition) is 2. The van der Waals surface area contributed by atoms with Crippen molar-refractivity contribution in [1.29, 1.82) is 0 Å². The summed E-state index contributed by atoms with van der Waals surface area (Å²) in [5, 5.41) is 0. The summed E-state index contributed by atoms with van der Waals surface area (Å²) in [6.45, 7) is 10.0. The minimum Gasteiger partial charge on any atom is -0.299 e. The lowest BCUT2D eigenvalue weighted by Crippen LogP contribution is -2.19. The average Bonchev–Trinajstić information content (AvgIpc) is 2.52. The number of carbonyl (C=O) groups is 1. The van der Waals surface area contributed by atoms with Crippen LogP contribution in [0.2, 0.25) is 0 Å². The normalized spacial score (nSPS) is 14.2. The maximum atomic E-state index is 13.1. The second-order valence-corrected chi connectivity index (χ2v) is 9.00. The van der Waals surface area contributed by atoms with Crippen molar-refractivity contribution in [3.63, 3.8) is 0 Å². The summed E-state index contributed by atoms with van der Waals surface area (Å²) in [7, 11) is -1.28. The van der Waals surface area contributed by atoms with Crippen molar-refractivity contribution < 1.29 is 9.00 Å². The van der Waals surface area contributed by atoms with E-state index in [9.17, 15) is 9.00 Å². The van der Waals surface area contributed by atoms with Crippen molar-refractivity contribution in [3.05, 3.63) is 59.7 Å². The molecule has 128 valence electrons. The van der Waals surface area contributed by atoms with Crippen LogP contribution in [0.5, 0.6) is 0 Å². The second kappa shape index (κ2) is 7.43. The van der Waals surface area contributed by atoms with Crippen molar-refractivity contribution in [2.75, 3.05) is 0 Å². The SMILES string of the molecule is CC(=O)[C@@H](CC(C)(C)C)c1ccccc1[S@@](=O)c1ccc(C)cc1. The van der Waals surface area contributed by atoms with Gasteiger partial charge in [-0.15, -0.1) is 0 Å². The second-order valence-electron chi connectivity index (χ2n) is 7.55. The third-order valence-corrected chi connectivity index (χ3v) is 5.51. The van der Waals surface area contributed by atoms with Crippen LogP contribution in [-0.2, 0) is 15.6 Å². The maximum absolute atomic E-state index is 13.1. The molecule has 2 atom stereocenters. The molecule has 0 heterocycles. The Kier molecular flexibility index (Phi) is 5.76. The number of carbonyl (C=O) groups excluding carboxylic acids is 1. The fourth-order valence-electron chi connectivity index (χ4n) is 2.81. The molecular weight excluding hydrogens is 316 g/mol. The van der Waals surface area contributed by atoms with E-state index in [2.05, 4.69) is 20.8 Å². The van der Waals surface area contributed by atoms with E-state index in [1.807, 2.05) is 55.5 Å². The van der Waals surface area contributed by atoms with Crippen LogP contribution in [-0.4, -0.2) is 9.99 Å². The summed E-state index contributed by atoms with van der Waals surface area (Å²) in [6.07, 6.45) is 0.741. The highest BCUT2D eigenvalue weighted by atomic mass is 32.2. The van der Waals surface area contributed by atoms with Crippen molar-refractivity contribution in [3.8, 4) is 0 Å². The molecule has 0 fully saturated rings. The molecule has 2 aromatic rings. The molecule has 0 spiro atoms. The van der Waals surface area contributed by atoms with Gasteiger partial charge < -0.3 is 0 Å². The first-order valence-corrected chi connectivity index (χ1v) is 9.42. The summed E-state index contributed by atoms with van der Waals surface area (Å²) in [5.41, 5.74) is 2.05. The van der Waals surface area contributed by atoms with Crippen LogP contribution in [0.15, 0.2) is 58.3 Å². The molecule has 0 bridgehead atoms. The highest BCUT2D eigenvalue weighted by Gasteiger charge is 2.27. The molecule has 24 heavy (non-hydrogen) atoms. The smallest absolute Gasteiger partial charge is 0.137 e. The highest BCUT2D eigenvalue weighted by Crippen LogP contribution is 2.35. The fraction of sp³-hybridized carbons (Fsp3) is 0.381. The molecule has 0 aromatic heterocycles. The largest absolute Gasteiger partial charge is 0.299 e. The number of hydrogen-bond donors (Lipinski definition) is 0. The molecule has 0 N–H and O–H groups in total. The maximum Gasteiger partial charge on any atom is 0.137 e. The summed E-state index contributed by atoms with van der Waals surface area (Å²) in [6, 6.07) is 15.4. The van der Waals surface area contributed by atoms with E-state index in [4.69, 9.17) is 0 Å². The molecule has 2 rings (SSSR count). The van der Waals surface area contributed by atoms with Gasteiger partial charge in [0.05, 0.1) is 10.8 Å². The van der Waals surface area contributed by atoms with E-state index in [0.717, 1.165) is 27.3 Å². The minimum atomic E-state index is -1.28. The number of aryl methyl sites for hydroxylation is 1. The molecular formula is C21H26O2S. The molecule has 2 nitrogen and oxygen atoms in total. The van der Waals surface area contributed by atoms with E-state index < -0.39 is 10.8 Å². The Balaban J connectivity index is 2.47. The van der Waals surface area contributed by atoms with Gasteiger partial charge in [-0.2, -0.15) is 0 Å². The Morgan fingerprint density at radius 1 is 1.04 bits per heavy atom. The Labute approximate surface area is 147 Å². The molecule has 0 aliphatic heterocycles. The van der Waals surface area contributed by atoms with E-state index >= 15 is 0 Å². The van der Waals surface area contributed by atoms with Gasteiger partial charge in [0.25, 0.3) is 0 Å². The zero-order valence-electron chi connectivity index (χ0n) is 15.1. The van der Waals surface area contributed by atoms with Gasteiger partial charge in [-0.1, -0.05) is 56.7 Å². The summed E-state index contributed by atoms with van der Waals surface area (Å²) in [4.78, 5) is 13.8. The predicted octanol–water partition coefficient (Wildman–Crippen LogP) is 5.27. The van der Waals surface area contributed by atoms with E-state index in [0.29, 0.717) is 0 Å². The summed E-state index contributed by atoms with van der Waals surface area (Å²) >= 11 is 0. The van der Waals surface area contributed by atoms with Gasteiger partial charge in [0.15, 0.2) is 0 Å². The molecule has 0 saturated heterocycles. The Morgan fingerprint density at radius 3 is 2.17 bits per heavy atom. The van der Waals surface area contributed by atoms with E-state index in [1.54, 1.807) is 6.92 Å². The van der Waals surface area contributed by atoms with Gasteiger partial charge >= 0.3 is 0 Å². The van der Waals surface area contributed by atoms with Crippen LogP contribution in [0, 0.1) is 12.3 Å². The third kappa shape index (κ3) is 4.64. The Hall–Kier alpha value is -1.74. The molecule has 0 radical (unpaired) electrons. The van der Waals surface area contributed by atoms with Crippen LogP contribution in [0.4, 0.5) is 0 Å². The van der Waals surface area contributed by atoms with Crippen LogP contribution in [0.25, 0.3) is 0 Å². The third-order valence-electron chi connectivity index (χ3n) is 4.04. The Bertz CT molecular complexity index is 739. The fourth-order valence-corrected chi connectivity index (χ4v) is 4.07. The molecule has 0 aliphatic carbocycles. The highest BCUT2D eigenvalue weighted by molar-refractivity contribution is 7.85. The average molecular weight is 343 g/mol. The number of Topliss-reactive ketones (excluding diaryl/α,β-unsaturated/α-hetero) is 1. The summed E-state index contributed by atoms with van der Waals surface area (Å²) < 4.78 is 13.1. The van der Waals surface area contributed by atoms with Gasteiger partial charge in [0, 0.05) is 15.7 Å². The standard InChI is InChI=1S/C21H26O2S/c1-15-10-12-17(13-11-15)24(23)20-9-7-6-8-18(20)19(16(2)22)14-21(3,4)5/h6-13,19H,14H2,1-5H3/t19-,24+/m1/s1.